The molecule has 43 heavy (non-hydrogen) atoms. The van der Waals surface area contributed by atoms with Crippen molar-refractivity contribution in [3.63, 3.8) is 0 Å². The number of carbonyl (C=O) groups is 5. The molecule has 1 saturated heterocycles. The van der Waals surface area contributed by atoms with Gasteiger partial charge in [0.25, 0.3) is 0 Å². The number of nitrogens with one attached hydrogen (secondary N) is 1. The molecule has 0 bridgehead atoms. The maximum absolute atomic E-state index is 13.2. The van der Waals surface area contributed by atoms with Crippen LogP contribution in [-0.4, -0.2) is 148 Å². The van der Waals surface area contributed by atoms with E-state index in [1.54, 1.807) is 20.8 Å². The average molecular weight is 831 g/mol. The number of carbonyl (C=O) groups excluding carboxylic acids is 1. The highest BCUT2D eigenvalue weighted by Gasteiger charge is 2.22. The van der Waals surface area contributed by atoms with E-state index < -0.39 is 29.8 Å². The number of anilines is 1. The molecule has 0 saturated carbocycles. The summed E-state index contributed by atoms with van der Waals surface area (Å²) in [7, 11) is 0. The number of carboxylic acids is 4. The van der Waals surface area contributed by atoms with Gasteiger partial charge in [0.05, 0.1) is 37.8 Å². The molecule has 0 aliphatic carbocycles. The fourth-order valence-corrected chi connectivity index (χ4v) is 6.58. The Balaban J connectivity index is 2.21. The zero-order valence-corrected chi connectivity index (χ0v) is 28.3. The van der Waals surface area contributed by atoms with Gasteiger partial charge in [0, 0.05) is 59.5 Å². The second-order valence-electron chi connectivity index (χ2n) is 10.4. The molecule has 16 heteroatoms. The lowest BCUT2D eigenvalue weighted by molar-refractivity contribution is -0.142. The van der Waals surface area contributed by atoms with Gasteiger partial charge < -0.3 is 25.7 Å². The maximum Gasteiger partial charge on any atom is 0.317 e. The van der Waals surface area contributed by atoms with E-state index in [2.05, 4.69) is 50.5 Å². The van der Waals surface area contributed by atoms with Crippen LogP contribution in [0.1, 0.15) is 18.9 Å². The first kappa shape index (κ1) is 37.1. The standard InChI is InChI=1S/C27H39I2N5O9/c1-2-18(27(42)43)11-19-12-22(21(29)13-20(19)28)30-23(35)14-31-3-5-32(15-24(36)37)7-9-34(17-26(40)41)10-8-33(6-4-31)16-25(38)39/h12-13,18H,2-11,14-17H2,1H3,(H,30,35)(H,36,37)(H,38,39)(H,40,41)(H,42,43). The lowest BCUT2D eigenvalue weighted by Crippen LogP contribution is -2.49. The van der Waals surface area contributed by atoms with E-state index in [4.69, 9.17) is 0 Å². The maximum atomic E-state index is 13.2. The topological polar surface area (TPSA) is 191 Å². The van der Waals surface area contributed by atoms with Gasteiger partial charge in [0.15, 0.2) is 0 Å². The zero-order valence-electron chi connectivity index (χ0n) is 24.0. The third-order valence-corrected chi connectivity index (χ3v) is 8.99. The summed E-state index contributed by atoms with van der Waals surface area (Å²) in [6.45, 7) is 3.46. The Bertz CT molecular complexity index is 1120. The number of hydrogen-bond acceptors (Lipinski definition) is 9. The minimum atomic E-state index is -1.03. The number of rotatable bonds is 13. The van der Waals surface area contributed by atoms with E-state index in [9.17, 15) is 44.4 Å². The van der Waals surface area contributed by atoms with Crippen molar-refractivity contribution < 1.29 is 44.4 Å². The first-order valence-electron chi connectivity index (χ1n) is 13.8. The molecular formula is C27H39I2N5O9. The summed E-state index contributed by atoms with van der Waals surface area (Å²) in [5.41, 5.74) is 1.39. The van der Waals surface area contributed by atoms with Gasteiger partial charge in [-0.15, -0.1) is 0 Å². The molecular weight excluding hydrogens is 792 g/mol. The average Bonchev–Trinajstić information content (AvgIpc) is 2.89. The Kier molecular flexibility index (Phi) is 16.1. The van der Waals surface area contributed by atoms with E-state index in [1.807, 2.05) is 17.9 Å². The van der Waals surface area contributed by atoms with E-state index >= 15 is 0 Å². The first-order valence-corrected chi connectivity index (χ1v) is 16.0. The van der Waals surface area contributed by atoms with Crippen molar-refractivity contribution in [1.82, 2.24) is 19.6 Å². The second kappa shape index (κ2) is 18.6. The number of nitrogens with zero attached hydrogens (tertiary/aromatic N) is 4. The van der Waals surface area contributed by atoms with Crippen LogP contribution in [0.2, 0.25) is 0 Å². The minimum absolute atomic E-state index is 0.0307. The molecule has 5 N–H and O–H groups in total. The molecule has 1 aliphatic rings. The summed E-state index contributed by atoms with van der Waals surface area (Å²) in [4.78, 5) is 66.0. The van der Waals surface area contributed by atoms with E-state index in [0.717, 1.165) is 12.7 Å². The quantitative estimate of drug-likeness (QED) is 0.177. The minimum Gasteiger partial charge on any atom is -0.481 e. The fraction of sp³-hybridized carbons (Fsp3) is 0.593. The normalized spacial score (nSPS) is 17.4. The molecule has 240 valence electrons. The lowest BCUT2D eigenvalue weighted by Gasteiger charge is -2.32. The Morgan fingerprint density at radius 2 is 1.09 bits per heavy atom. The highest BCUT2D eigenvalue weighted by atomic mass is 127. The zero-order chi connectivity index (χ0) is 32.1. The van der Waals surface area contributed by atoms with Crippen molar-refractivity contribution >= 4 is 80.7 Å². The summed E-state index contributed by atoms with van der Waals surface area (Å²) in [6.07, 6.45) is 0.808. The van der Waals surface area contributed by atoms with Crippen LogP contribution in [0.15, 0.2) is 12.1 Å². The smallest absolute Gasteiger partial charge is 0.317 e. The number of halogens is 2. The molecule has 1 atom stereocenters. The van der Waals surface area contributed by atoms with Gasteiger partial charge in [-0.05, 0) is 75.7 Å². The van der Waals surface area contributed by atoms with E-state index in [1.165, 1.54) is 0 Å². The highest BCUT2D eigenvalue weighted by molar-refractivity contribution is 14.1. The van der Waals surface area contributed by atoms with Crippen LogP contribution in [0.5, 0.6) is 0 Å². The molecule has 1 aliphatic heterocycles. The van der Waals surface area contributed by atoms with Crippen LogP contribution >= 0.6 is 45.2 Å². The highest BCUT2D eigenvalue weighted by Crippen LogP contribution is 2.27. The van der Waals surface area contributed by atoms with Crippen molar-refractivity contribution in [2.24, 2.45) is 5.92 Å². The summed E-state index contributed by atoms with van der Waals surface area (Å²) >= 11 is 4.27. The van der Waals surface area contributed by atoms with E-state index in [0.29, 0.717) is 44.7 Å². The van der Waals surface area contributed by atoms with Crippen LogP contribution in [0, 0.1) is 13.1 Å². The summed E-state index contributed by atoms with van der Waals surface area (Å²) in [5, 5.41) is 40.5. The predicted molar refractivity (Wildman–Crippen MR) is 174 cm³/mol. The van der Waals surface area contributed by atoms with Crippen molar-refractivity contribution in [3.05, 3.63) is 24.8 Å². The van der Waals surface area contributed by atoms with Gasteiger partial charge in [0.2, 0.25) is 5.91 Å². The molecule has 2 rings (SSSR count). The summed E-state index contributed by atoms with van der Waals surface area (Å²) < 4.78 is 1.70. The van der Waals surface area contributed by atoms with Crippen LogP contribution < -0.4 is 5.32 Å². The Morgan fingerprint density at radius 1 is 0.698 bits per heavy atom. The van der Waals surface area contributed by atoms with Crippen molar-refractivity contribution in [2.75, 3.05) is 83.9 Å². The second-order valence-corrected chi connectivity index (χ2v) is 12.7. The monoisotopic (exact) mass is 831 g/mol. The van der Waals surface area contributed by atoms with Crippen molar-refractivity contribution in [3.8, 4) is 0 Å². The Morgan fingerprint density at radius 3 is 1.44 bits per heavy atom. The van der Waals surface area contributed by atoms with Gasteiger partial charge in [-0.3, -0.25) is 43.6 Å². The Labute approximate surface area is 277 Å². The number of carboxylic acid groups (broad SMARTS) is 4. The molecule has 1 amide bonds. The van der Waals surface area contributed by atoms with Gasteiger partial charge in [-0.2, -0.15) is 0 Å². The molecule has 14 nitrogen and oxygen atoms in total. The van der Waals surface area contributed by atoms with Crippen molar-refractivity contribution in [1.29, 1.82) is 0 Å². The van der Waals surface area contributed by atoms with Crippen LogP contribution in [0.3, 0.4) is 0 Å². The molecule has 1 heterocycles. The van der Waals surface area contributed by atoms with Crippen LogP contribution in [-0.2, 0) is 30.4 Å². The fourth-order valence-electron chi connectivity index (χ4n) is 4.70. The van der Waals surface area contributed by atoms with Crippen LogP contribution in [0.4, 0.5) is 5.69 Å². The van der Waals surface area contributed by atoms with Crippen LogP contribution in [0.25, 0.3) is 0 Å². The summed E-state index contributed by atoms with van der Waals surface area (Å²) in [6, 6.07) is 3.69. The predicted octanol–water partition coefficient (Wildman–Crippen LogP) is 0.963. The third-order valence-electron chi connectivity index (χ3n) is 7.09. The molecule has 1 aromatic rings. The third kappa shape index (κ3) is 14.0. The molecule has 1 aromatic carbocycles. The molecule has 0 spiro atoms. The first-order chi connectivity index (χ1) is 20.3. The van der Waals surface area contributed by atoms with Gasteiger partial charge in [0.1, 0.15) is 0 Å². The molecule has 0 aromatic heterocycles. The number of amides is 1. The SMILES string of the molecule is CCC(Cc1cc(NC(=O)CN2CCN(CC(=O)O)CCN(CC(=O)O)CCN(CC(=O)O)CC2)c(I)cc1I)C(=O)O. The number of benzene rings is 1. The number of aliphatic carboxylic acids is 4. The Hall–Kier alpha value is -2.13. The lowest BCUT2D eigenvalue weighted by atomic mass is 9.97. The van der Waals surface area contributed by atoms with Crippen molar-refractivity contribution in [2.45, 2.75) is 19.8 Å². The van der Waals surface area contributed by atoms with Gasteiger partial charge in [-0.1, -0.05) is 6.92 Å². The summed E-state index contributed by atoms with van der Waals surface area (Å²) in [5.74, 6) is -4.80. The molecule has 1 unspecified atom stereocenters. The molecule has 1 fully saturated rings. The van der Waals surface area contributed by atoms with Gasteiger partial charge >= 0.3 is 23.9 Å². The number of hydrogen-bond donors (Lipinski definition) is 5. The molecule has 0 radical (unpaired) electrons. The largest absolute Gasteiger partial charge is 0.481 e. The van der Waals surface area contributed by atoms with E-state index in [-0.39, 0.29) is 58.3 Å². The van der Waals surface area contributed by atoms with Gasteiger partial charge in [-0.25, -0.2) is 0 Å².